The molecule has 2 unspecified atom stereocenters. The van der Waals surface area contributed by atoms with E-state index in [0.29, 0.717) is 22.1 Å². The van der Waals surface area contributed by atoms with Crippen LogP contribution in [-0.2, 0) is 0 Å². The van der Waals surface area contributed by atoms with Gasteiger partial charge in [0.05, 0.1) is 10.0 Å². The van der Waals surface area contributed by atoms with E-state index in [2.05, 4.69) is 42.5 Å². The smallest absolute Gasteiger partial charge is 0.251 e. The fraction of sp³-hybridized carbons (Fsp3) is 0.409. The van der Waals surface area contributed by atoms with Crippen molar-refractivity contribution in [2.45, 2.75) is 43.7 Å². The van der Waals surface area contributed by atoms with E-state index in [4.69, 9.17) is 23.2 Å². The monoisotopic (exact) mass is 402 g/mol. The molecule has 4 rings (SSSR count). The molecule has 1 fully saturated rings. The molecule has 0 aliphatic heterocycles. The lowest BCUT2D eigenvalue weighted by Gasteiger charge is -2.36. The molecule has 0 radical (unpaired) electrons. The molecule has 2 aromatic carbocycles. The highest BCUT2D eigenvalue weighted by Crippen LogP contribution is 2.44. The first-order valence-electron chi connectivity index (χ1n) is 9.50. The first kappa shape index (κ1) is 18.8. The van der Waals surface area contributed by atoms with Crippen LogP contribution in [0.1, 0.15) is 64.7 Å². The summed E-state index contributed by atoms with van der Waals surface area (Å²) in [4.78, 5) is 14.8. The number of carbonyl (C=O) groups is 1. The van der Waals surface area contributed by atoms with Gasteiger partial charge in [0.2, 0.25) is 0 Å². The van der Waals surface area contributed by atoms with Crippen LogP contribution in [0.15, 0.2) is 36.4 Å². The zero-order chi connectivity index (χ0) is 19.1. The summed E-state index contributed by atoms with van der Waals surface area (Å²) in [6, 6.07) is 12.7. The average Bonchev–Trinajstić information content (AvgIpc) is 3.46. The highest BCUT2D eigenvalue weighted by molar-refractivity contribution is 6.42. The Balaban J connectivity index is 1.72. The van der Waals surface area contributed by atoms with E-state index in [1.165, 1.54) is 16.7 Å². The van der Waals surface area contributed by atoms with E-state index in [9.17, 15) is 4.79 Å². The zero-order valence-corrected chi connectivity index (χ0v) is 17.1. The Morgan fingerprint density at radius 2 is 1.74 bits per heavy atom. The van der Waals surface area contributed by atoms with Crippen molar-refractivity contribution >= 4 is 29.1 Å². The summed E-state index contributed by atoms with van der Waals surface area (Å²) in [5, 5.41) is 4.26. The topological polar surface area (TPSA) is 32.3 Å². The average molecular weight is 403 g/mol. The van der Waals surface area contributed by atoms with Gasteiger partial charge in [-0.2, -0.15) is 0 Å². The number of rotatable bonds is 4. The quantitative estimate of drug-likeness (QED) is 0.740. The first-order chi connectivity index (χ1) is 12.9. The SMILES string of the molecule is CN(C)C1CCC(c2ccc(Cl)c(Cl)c2)c2ccc(C(=O)NC3CC3)cc21. The fourth-order valence-corrected chi connectivity index (χ4v) is 4.37. The Kier molecular flexibility index (Phi) is 5.19. The third kappa shape index (κ3) is 3.87. The van der Waals surface area contributed by atoms with Crippen LogP contribution in [0.4, 0.5) is 0 Å². The van der Waals surface area contributed by atoms with Crippen LogP contribution in [0.5, 0.6) is 0 Å². The van der Waals surface area contributed by atoms with E-state index in [1.807, 2.05) is 18.2 Å². The van der Waals surface area contributed by atoms with Gasteiger partial charge in [-0.05, 0) is 80.7 Å². The molecule has 1 saturated carbocycles. The van der Waals surface area contributed by atoms with E-state index in [-0.39, 0.29) is 11.8 Å². The van der Waals surface area contributed by atoms with Crippen molar-refractivity contribution in [1.82, 2.24) is 10.2 Å². The van der Waals surface area contributed by atoms with Crippen LogP contribution in [-0.4, -0.2) is 30.9 Å². The van der Waals surface area contributed by atoms with Gasteiger partial charge < -0.3 is 10.2 Å². The maximum Gasteiger partial charge on any atom is 0.251 e. The number of carbonyl (C=O) groups excluding carboxylic acids is 1. The van der Waals surface area contributed by atoms with Gasteiger partial charge in [0, 0.05) is 23.6 Å². The van der Waals surface area contributed by atoms with Gasteiger partial charge in [-0.15, -0.1) is 0 Å². The molecule has 0 saturated heterocycles. The number of halogens is 2. The minimum atomic E-state index is 0.0365. The molecule has 0 aromatic heterocycles. The highest BCUT2D eigenvalue weighted by Gasteiger charge is 2.31. The highest BCUT2D eigenvalue weighted by atomic mass is 35.5. The lowest BCUT2D eigenvalue weighted by molar-refractivity contribution is 0.0950. The Hall–Kier alpha value is -1.55. The number of nitrogens with one attached hydrogen (secondary N) is 1. The summed E-state index contributed by atoms with van der Waals surface area (Å²) in [6.07, 6.45) is 4.27. The van der Waals surface area contributed by atoms with Crippen molar-refractivity contribution in [3.8, 4) is 0 Å². The van der Waals surface area contributed by atoms with E-state index in [1.54, 1.807) is 0 Å². The number of hydrogen-bond acceptors (Lipinski definition) is 2. The van der Waals surface area contributed by atoms with E-state index >= 15 is 0 Å². The number of nitrogens with zero attached hydrogens (tertiary/aromatic N) is 1. The van der Waals surface area contributed by atoms with Crippen molar-refractivity contribution in [2.24, 2.45) is 0 Å². The van der Waals surface area contributed by atoms with E-state index in [0.717, 1.165) is 31.2 Å². The summed E-state index contributed by atoms with van der Waals surface area (Å²) >= 11 is 12.4. The Labute approximate surface area is 170 Å². The molecule has 2 aliphatic rings. The fourth-order valence-electron chi connectivity index (χ4n) is 4.07. The summed E-state index contributed by atoms with van der Waals surface area (Å²) in [6.45, 7) is 0. The van der Waals surface area contributed by atoms with Crippen LogP contribution in [0, 0.1) is 0 Å². The zero-order valence-electron chi connectivity index (χ0n) is 15.6. The van der Waals surface area contributed by atoms with Crippen molar-refractivity contribution < 1.29 is 4.79 Å². The molecule has 27 heavy (non-hydrogen) atoms. The second-order valence-electron chi connectivity index (χ2n) is 7.87. The molecule has 2 aromatic rings. The van der Waals surface area contributed by atoms with Crippen molar-refractivity contribution in [1.29, 1.82) is 0 Å². The first-order valence-corrected chi connectivity index (χ1v) is 10.3. The van der Waals surface area contributed by atoms with Gasteiger partial charge in [0.25, 0.3) is 5.91 Å². The number of benzene rings is 2. The lowest BCUT2D eigenvalue weighted by Crippen LogP contribution is -2.29. The predicted octanol–water partition coefficient (Wildman–Crippen LogP) is 5.41. The van der Waals surface area contributed by atoms with Gasteiger partial charge >= 0.3 is 0 Å². The standard InChI is InChI=1S/C22H24Cl2N2O/c1-26(2)21-10-8-16(13-4-9-19(23)20(24)12-13)17-7-3-14(11-18(17)21)22(27)25-15-5-6-15/h3-4,7,9,11-12,15-16,21H,5-6,8,10H2,1-2H3,(H,25,27). The molecule has 1 N–H and O–H groups in total. The maximum absolute atomic E-state index is 12.5. The normalized spacial score (nSPS) is 21.8. The Morgan fingerprint density at radius 1 is 0.963 bits per heavy atom. The molecular formula is C22H24Cl2N2O. The van der Waals surface area contributed by atoms with E-state index < -0.39 is 0 Å². The minimum absolute atomic E-state index is 0.0365. The summed E-state index contributed by atoms with van der Waals surface area (Å²) in [5.74, 6) is 0.306. The molecule has 0 spiro atoms. The van der Waals surface area contributed by atoms with Gasteiger partial charge in [-0.3, -0.25) is 4.79 Å². The summed E-state index contributed by atoms with van der Waals surface area (Å²) in [7, 11) is 4.20. The second kappa shape index (κ2) is 7.46. The van der Waals surface area contributed by atoms with Crippen LogP contribution in [0.2, 0.25) is 10.0 Å². The molecule has 0 bridgehead atoms. The Morgan fingerprint density at radius 3 is 2.41 bits per heavy atom. The molecule has 142 valence electrons. The molecule has 0 heterocycles. The van der Waals surface area contributed by atoms with Gasteiger partial charge in [0.1, 0.15) is 0 Å². The molecule has 2 atom stereocenters. The molecule has 2 aliphatic carbocycles. The minimum Gasteiger partial charge on any atom is -0.349 e. The van der Waals surface area contributed by atoms with Crippen LogP contribution in [0.25, 0.3) is 0 Å². The summed E-state index contributed by atoms with van der Waals surface area (Å²) < 4.78 is 0. The molecular weight excluding hydrogens is 379 g/mol. The van der Waals surface area contributed by atoms with Gasteiger partial charge in [-0.1, -0.05) is 35.3 Å². The van der Waals surface area contributed by atoms with Gasteiger partial charge in [0.15, 0.2) is 0 Å². The summed E-state index contributed by atoms with van der Waals surface area (Å²) in [5.41, 5.74) is 4.45. The van der Waals surface area contributed by atoms with Crippen LogP contribution in [0.3, 0.4) is 0 Å². The maximum atomic E-state index is 12.5. The number of hydrogen-bond donors (Lipinski definition) is 1. The third-order valence-corrected chi connectivity index (χ3v) is 6.43. The third-order valence-electron chi connectivity index (χ3n) is 5.69. The second-order valence-corrected chi connectivity index (χ2v) is 8.69. The number of amides is 1. The van der Waals surface area contributed by atoms with Crippen molar-refractivity contribution in [2.75, 3.05) is 14.1 Å². The molecule has 3 nitrogen and oxygen atoms in total. The van der Waals surface area contributed by atoms with Crippen LogP contribution < -0.4 is 5.32 Å². The molecule has 1 amide bonds. The largest absolute Gasteiger partial charge is 0.349 e. The van der Waals surface area contributed by atoms with Crippen molar-refractivity contribution in [3.05, 3.63) is 68.7 Å². The lowest BCUT2D eigenvalue weighted by atomic mass is 9.76. The van der Waals surface area contributed by atoms with Crippen LogP contribution >= 0.6 is 23.2 Å². The van der Waals surface area contributed by atoms with Gasteiger partial charge in [-0.25, -0.2) is 0 Å². The predicted molar refractivity (Wildman–Crippen MR) is 111 cm³/mol. The Bertz CT molecular complexity index is 877. The number of fused-ring (bicyclic) bond motifs is 1. The molecule has 5 heteroatoms. The van der Waals surface area contributed by atoms with Crippen molar-refractivity contribution in [3.63, 3.8) is 0 Å².